The third-order valence-electron chi connectivity index (χ3n) is 3.78. The molecule has 136 valence electrons. The van der Waals surface area contributed by atoms with Gasteiger partial charge in [-0.1, -0.05) is 12.1 Å². The van der Waals surface area contributed by atoms with E-state index in [4.69, 9.17) is 4.74 Å². The molecule has 4 nitrogen and oxygen atoms in total. The zero-order valence-corrected chi connectivity index (χ0v) is 14.3. The average Bonchev–Trinajstić information content (AvgIpc) is 2.52. The summed E-state index contributed by atoms with van der Waals surface area (Å²) in [4.78, 5) is 2.28. The maximum absolute atomic E-state index is 12.4. The van der Waals surface area contributed by atoms with Crippen LogP contribution in [0.4, 0.5) is 13.2 Å². The van der Waals surface area contributed by atoms with Crippen LogP contribution in [0.3, 0.4) is 0 Å². The Balaban J connectivity index is 0.00000288. The molecule has 0 radical (unpaired) electrons. The van der Waals surface area contributed by atoms with E-state index < -0.39 is 6.36 Å². The summed E-state index contributed by atoms with van der Waals surface area (Å²) < 4.78 is 46.3. The van der Waals surface area contributed by atoms with E-state index in [0.29, 0.717) is 12.2 Å². The number of nitrogens with zero attached hydrogens (tertiary/aromatic N) is 1. The molecule has 0 aliphatic carbocycles. The monoisotopic (exact) mass is 366 g/mol. The normalized spacial score (nSPS) is 16.8. The Kier molecular flexibility index (Phi) is 7.86. The molecule has 1 fully saturated rings. The number of methoxy groups -OCH3 is 1. The lowest BCUT2D eigenvalue weighted by atomic mass is 9.99. The van der Waals surface area contributed by atoms with Gasteiger partial charge in [0.2, 0.25) is 0 Å². The molecule has 24 heavy (non-hydrogen) atoms. The van der Waals surface area contributed by atoms with E-state index in [9.17, 15) is 13.2 Å². The smallest absolute Gasteiger partial charge is 0.496 e. The summed E-state index contributed by atoms with van der Waals surface area (Å²) in [5.74, 6) is 0.105. The molecule has 0 bridgehead atoms. The van der Waals surface area contributed by atoms with Crippen LogP contribution in [-0.4, -0.2) is 44.6 Å². The molecule has 8 heteroatoms. The summed E-state index contributed by atoms with van der Waals surface area (Å²) >= 11 is 0. The van der Waals surface area contributed by atoms with Crippen molar-refractivity contribution < 1.29 is 22.6 Å². The Bertz CT molecular complexity index is 535. The van der Waals surface area contributed by atoms with Crippen molar-refractivity contribution in [3.05, 3.63) is 36.4 Å². The van der Waals surface area contributed by atoms with Gasteiger partial charge < -0.3 is 14.8 Å². The Morgan fingerprint density at radius 2 is 2.00 bits per heavy atom. The highest BCUT2D eigenvalue weighted by Gasteiger charge is 2.32. The molecule has 1 aromatic carbocycles. The first-order chi connectivity index (χ1) is 10.9. The lowest BCUT2D eigenvalue weighted by Crippen LogP contribution is -2.45. The van der Waals surface area contributed by atoms with Crippen LogP contribution in [0.15, 0.2) is 30.9 Å². The summed E-state index contributed by atoms with van der Waals surface area (Å²) in [5, 5.41) is 3.28. The van der Waals surface area contributed by atoms with Crippen LogP contribution >= 0.6 is 12.4 Å². The summed E-state index contributed by atoms with van der Waals surface area (Å²) in [6.07, 6.45) is -2.21. The Morgan fingerprint density at radius 1 is 1.33 bits per heavy atom. The number of benzene rings is 1. The van der Waals surface area contributed by atoms with Crippen molar-refractivity contribution in [2.45, 2.75) is 18.8 Å². The van der Waals surface area contributed by atoms with Gasteiger partial charge in [-0.2, -0.15) is 0 Å². The molecule has 1 aromatic rings. The minimum Gasteiger partial charge on any atom is -0.496 e. The molecule has 1 aliphatic heterocycles. The molecule has 1 atom stereocenters. The van der Waals surface area contributed by atoms with E-state index in [-0.39, 0.29) is 24.2 Å². The number of nitrogens with one attached hydrogen (secondary N) is 1. The summed E-state index contributed by atoms with van der Waals surface area (Å²) in [6, 6.07) is 4.25. The van der Waals surface area contributed by atoms with Gasteiger partial charge >= 0.3 is 6.36 Å². The van der Waals surface area contributed by atoms with Crippen molar-refractivity contribution in [3.63, 3.8) is 0 Å². The van der Waals surface area contributed by atoms with Crippen molar-refractivity contribution in [1.82, 2.24) is 10.2 Å². The Morgan fingerprint density at radius 3 is 2.54 bits per heavy atom. The van der Waals surface area contributed by atoms with E-state index in [1.807, 2.05) is 6.08 Å². The molecule has 0 amide bonds. The number of hydrogen-bond acceptors (Lipinski definition) is 4. The van der Waals surface area contributed by atoms with Crippen molar-refractivity contribution in [2.75, 3.05) is 33.3 Å². The maximum atomic E-state index is 12.4. The van der Waals surface area contributed by atoms with Gasteiger partial charge in [0.1, 0.15) is 11.5 Å². The highest BCUT2D eigenvalue weighted by atomic mass is 35.5. The molecule has 1 saturated heterocycles. The quantitative estimate of drug-likeness (QED) is 0.781. The number of ether oxygens (including phenoxy) is 2. The third-order valence-corrected chi connectivity index (χ3v) is 3.78. The lowest BCUT2D eigenvalue weighted by molar-refractivity contribution is -0.274. The third kappa shape index (κ3) is 5.58. The average molecular weight is 367 g/mol. The Hall–Kier alpha value is -1.44. The second-order valence-electron chi connectivity index (χ2n) is 5.28. The first kappa shape index (κ1) is 20.6. The summed E-state index contributed by atoms with van der Waals surface area (Å²) in [7, 11) is 1.44. The van der Waals surface area contributed by atoms with Gasteiger partial charge in [0.25, 0.3) is 0 Å². The van der Waals surface area contributed by atoms with Crippen LogP contribution in [-0.2, 0) is 0 Å². The number of piperazine rings is 1. The fourth-order valence-corrected chi connectivity index (χ4v) is 2.79. The molecule has 2 rings (SSSR count). The van der Waals surface area contributed by atoms with Crippen LogP contribution in [0.5, 0.6) is 11.5 Å². The maximum Gasteiger partial charge on any atom is 0.573 e. The fourth-order valence-electron chi connectivity index (χ4n) is 2.79. The van der Waals surface area contributed by atoms with Gasteiger partial charge in [0.05, 0.1) is 7.11 Å². The zero-order valence-electron chi connectivity index (χ0n) is 13.4. The predicted octanol–water partition coefficient (Wildman–Crippen LogP) is 3.54. The van der Waals surface area contributed by atoms with Crippen molar-refractivity contribution >= 4 is 12.4 Å². The zero-order chi connectivity index (χ0) is 16.9. The van der Waals surface area contributed by atoms with E-state index >= 15 is 0 Å². The van der Waals surface area contributed by atoms with Crippen LogP contribution < -0.4 is 14.8 Å². The van der Waals surface area contributed by atoms with Gasteiger partial charge in [0.15, 0.2) is 0 Å². The predicted molar refractivity (Wildman–Crippen MR) is 88.9 cm³/mol. The van der Waals surface area contributed by atoms with Crippen molar-refractivity contribution in [3.8, 4) is 11.5 Å². The summed E-state index contributed by atoms with van der Waals surface area (Å²) in [6.45, 7) is 7.27. The van der Waals surface area contributed by atoms with E-state index in [1.54, 1.807) is 6.07 Å². The van der Waals surface area contributed by atoms with Crippen LogP contribution in [0.1, 0.15) is 18.0 Å². The molecular formula is C16H22ClF3N2O2. The number of halogens is 4. The molecule has 0 saturated carbocycles. The second-order valence-corrected chi connectivity index (χ2v) is 5.28. The molecule has 1 heterocycles. The first-order valence-corrected chi connectivity index (χ1v) is 7.44. The first-order valence-electron chi connectivity index (χ1n) is 7.44. The SMILES string of the molecule is C=CC[C@H](c1ccc(OC(F)(F)F)cc1OC)N1CCNCC1.Cl. The van der Waals surface area contributed by atoms with Gasteiger partial charge in [-0.15, -0.1) is 32.2 Å². The molecule has 1 aliphatic rings. The standard InChI is InChI=1S/C16H21F3N2O2.ClH/c1-3-4-14(21-9-7-20-8-10-21)13-6-5-12(11-15(13)22-2)23-16(17,18)19;/h3,5-6,11,14,20H,1,4,7-10H2,2H3;1H/t14-;/m1./s1. The minimum atomic E-state index is -4.72. The van der Waals surface area contributed by atoms with Gasteiger partial charge in [-0.25, -0.2) is 0 Å². The Labute approximate surface area is 146 Å². The fraction of sp³-hybridized carbons (Fsp3) is 0.500. The highest BCUT2D eigenvalue weighted by molar-refractivity contribution is 5.85. The van der Waals surface area contributed by atoms with Gasteiger partial charge in [0, 0.05) is 43.9 Å². The van der Waals surface area contributed by atoms with E-state index in [0.717, 1.165) is 31.7 Å². The van der Waals surface area contributed by atoms with Crippen LogP contribution in [0.2, 0.25) is 0 Å². The van der Waals surface area contributed by atoms with Crippen molar-refractivity contribution in [2.24, 2.45) is 0 Å². The summed E-state index contributed by atoms with van der Waals surface area (Å²) in [5.41, 5.74) is 0.837. The minimum absolute atomic E-state index is 0. The number of alkyl halides is 3. The van der Waals surface area contributed by atoms with Crippen LogP contribution in [0, 0.1) is 0 Å². The second kappa shape index (κ2) is 9.15. The molecule has 0 aromatic heterocycles. The number of rotatable bonds is 6. The van der Waals surface area contributed by atoms with Gasteiger partial charge in [-0.3, -0.25) is 4.90 Å². The molecule has 1 N–H and O–H groups in total. The van der Waals surface area contributed by atoms with Crippen molar-refractivity contribution in [1.29, 1.82) is 0 Å². The topological polar surface area (TPSA) is 33.7 Å². The largest absolute Gasteiger partial charge is 0.573 e. The van der Waals surface area contributed by atoms with E-state index in [1.165, 1.54) is 19.2 Å². The lowest BCUT2D eigenvalue weighted by Gasteiger charge is -2.35. The number of hydrogen-bond donors (Lipinski definition) is 1. The van der Waals surface area contributed by atoms with Gasteiger partial charge in [-0.05, 0) is 12.5 Å². The highest BCUT2D eigenvalue weighted by Crippen LogP contribution is 2.36. The molecular weight excluding hydrogens is 345 g/mol. The molecule has 0 spiro atoms. The molecule has 0 unspecified atom stereocenters. The van der Waals surface area contributed by atoms with Crippen LogP contribution in [0.25, 0.3) is 0 Å². The van der Waals surface area contributed by atoms with E-state index in [2.05, 4.69) is 21.5 Å².